The van der Waals surface area contributed by atoms with Gasteiger partial charge in [0.05, 0.1) is 29.5 Å². The molecule has 6 heteroatoms. The van der Waals surface area contributed by atoms with E-state index in [2.05, 4.69) is 15.3 Å². The first kappa shape index (κ1) is 18.4. The zero-order chi connectivity index (χ0) is 19.0. The fourth-order valence-corrected chi connectivity index (χ4v) is 3.27. The summed E-state index contributed by atoms with van der Waals surface area (Å²) in [5.74, 6) is 0.865. The van der Waals surface area contributed by atoms with Crippen LogP contribution in [0.1, 0.15) is 55.2 Å². The number of hydrogen-bond acceptors (Lipinski definition) is 5. The van der Waals surface area contributed by atoms with E-state index in [4.69, 9.17) is 16.0 Å². The zero-order valence-corrected chi connectivity index (χ0v) is 16.3. The predicted molar refractivity (Wildman–Crippen MR) is 105 cm³/mol. The SMILES string of the molecule is Cc1cc(C(C)Nc2cnc(Cl)nc2)c2oc(C(C)C)c(C)c(=O)c2c1. The van der Waals surface area contributed by atoms with E-state index in [9.17, 15) is 4.79 Å². The van der Waals surface area contributed by atoms with E-state index < -0.39 is 0 Å². The van der Waals surface area contributed by atoms with Gasteiger partial charge in [-0.05, 0) is 44.0 Å². The molecule has 3 rings (SSSR count). The summed E-state index contributed by atoms with van der Waals surface area (Å²) in [7, 11) is 0. The topological polar surface area (TPSA) is 68.0 Å². The second kappa shape index (κ2) is 7.08. The first-order valence-corrected chi connectivity index (χ1v) is 8.97. The molecule has 0 aliphatic carbocycles. The normalized spacial score (nSPS) is 12.6. The molecule has 3 aromatic rings. The Morgan fingerprint density at radius 3 is 2.38 bits per heavy atom. The number of halogens is 1. The highest BCUT2D eigenvalue weighted by Crippen LogP contribution is 2.30. The van der Waals surface area contributed by atoms with Crippen LogP contribution in [0.4, 0.5) is 5.69 Å². The van der Waals surface area contributed by atoms with Gasteiger partial charge >= 0.3 is 0 Å². The van der Waals surface area contributed by atoms with Crippen LogP contribution in [0.5, 0.6) is 0 Å². The number of aryl methyl sites for hydroxylation is 1. The van der Waals surface area contributed by atoms with E-state index in [0.717, 1.165) is 22.6 Å². The Labute approximate surface area is 157 Å². The molecular formula is C20H22ClN3O2. The maximum Gasteiger partial charge on any atom is 0.222 e. The lowest BCUT2D eigenvalue weighted by molar-refractivity contribution is 0.499. The molecule has 0 saturated heterocycles. The van der Waals surface area contributed by atoms with E-state index in [1.165, 1.54) is 0 Å². The molecule has 1 N–H and O–H groups in total. The second-order valence-corrected chi connectivity index (χ2v) is 7.25. The third kappa shape index (κ3) is 3.44. The fraction of sp³-hybridized carbons (Fsp3) is 0.350. The average molecular weight is 372 g/mol. The monoisotopic (exact) mass is 371 g/mol. The number of anilines is 1. The summed E-state index contributed by atoms with van der Waals surface area (Å²) in [5, 5.41) is 4.16. The molecule has 0 spiro atoms. The van der Waals surface area contributed by atoms with E-state index in [1.807, 2.05) is 46.8 Å². The van der Waals surface area contributed by atoms with Crippen molar-refractivity contribution in [1.29, 1.82) is 0 Å². The van der Waals surface area contributed by atoms with Gasteiger partial charge in [-0.1, -0.05) is 19.9 Å². The van der Waals surface area contributed by atoms with Crippen molar-refractivity contribution in [1.82, 2.24) is 9.97 Å². The van der Waals surface area contributed by atoms with Crippen molar-refractivity contribution < 1.29 is 4.42 Å². The maximum atomic E-state index is 12.9. The van der Waals surface area contributed by atoms with E-state index >= 15 is 0 Å². The van der Waals surface area contributed by atoms with Gasteiger partial charge in [0.25, 0.3) is 0 Å². The molecule has 1 atom stereocenters. The smallest absolute Gasteiger partial charge is 0.222 e. The molecule has 0 amide bonds. The molecule has 0 bridgehead atoms. The van der Waals surface area contributed by atoms with Gasteiger partial charge in [0.2, 0.25) is 5.28 Å². The molecule has 0 aliphatic heterocycles. The highest BCUT2D eigenvalue weighted by molar-refractivity contribution is 6.28. The minimum absolute atomic E-state index is 0.0296. The van der Waals surface area contributed by atoms with Crippen LogP contribution in [0.25, 0.3) is 11.0 Å². The first-order valence-electron chi connectivity index (χ1n) is 8.60. The minimum Gasteiger partial charge on any atom is -0.460 e. The Hall–Kier alpha value is -2.40. The predicted octanol–water partition coefficient (Wildman–Crippen LogP) is 5.15. The summed E-state index contributed by atoms with van der Waals surface area (Å²) >= 11 is 5.74. The first-order chi connectivity index (χ1) is 12.3. The molecule has 0 radical (unpaired) electrons. The van der Waals surface area contributed by atoms with Gasteiger partial charge in [0, 0.05) is 17.0 Å². The summed E-state index contributed by atoms with van der Waals surface area (Å²) in [5.41, 5.74) is 4.02. The summed E-state index contributed by atoms with van der Waals surface area (Å²) in [4.78, 5) is 20.8. The van der Waals surface area contributed by atoms with Crippen LogP contribution in [0, 0.1) is 13.8 Å². The Balaban J connectivity index is 2.15. The van der Waals surface area contributed by atoms with Crippen molar-refractivity contribution in [2.45, 2.75) is 46.6 Å². The van der Waals surface area contributed by atoms with Crippen molar-refractivity contribution in [2.75, 3.05) is 5.32 Å². The number of hydrogen-bond donors (Lipinski definition) is 1. The van der Waals surface area contributed by atoms with Gasteiger partial charge in [-0.2, -0.15) is 0 Å². The lowest BCUT2D eigenvalue weighted by atomic mass is 9.98. The van der Waals surface area contributed by atoms with Crippen LogP contribution in [0.3, 0.4) is 0 Å². The Bertz CT molecular complexity index is 1010. The van der Waals surface area contributed by atoms with E-state index in [0.29, 0.717) is 16.5 Å². The average Bonchev–Trinajstić information content (AvgIpc) is 2.59. The molecule has 5 nitrogen and oxygen atoms in total. The third-order valence-electron chi connectivity index (χ3n) is 4.42. The van der Waals surface area contributed by atoms with Crippen molar-refractivity contribution >= 4 is 28.3 Å². The van der Waals surface area contributed by atoms with Crippen molar-refractivity contribution in [2.24, 2.45) is 0 Å². The van der Waals surface area contributed by atoms with Gasteiger partial charge in [-0.15, -0.1) is 0 Å². The van der Waals surface area contributed by atoms with Gasteiger partial charge in [-0.3, -0.25) is 4.79 Å². The Morgan fingerprint density at radius 1 is 1.12 bits per heavy atom. The molecule has 0 aliphatic rings. The number of fused-ring (bicyclic) bond motifs is 1. The van der Waals surface area contributed by atoms with Crippen LogP contribution in [0.15, 0.2) is 33.7 Å². The third-order valence-corrected chi connectivity index (χ3v) is 4.62. The largest absolute Gasteiger partial charge is 0.460 e. The number of nitrogens with one attached hydrogen (secondary N) is 1. The molecule has 1 unspecified atom stereocenters. The number of aromatic nitrogens is 2. The van der Waals surface area contributed by atoms with Gasteiger partial charge in [0.1, 0.15) is 11.3 Å². The molecule has 0 fully saturated rings. The molecule has 2 aromatic heterocycles. The summed E-state index contributed by atoms with van der Waals surface area (Å²) in [6, 6.07) is 3.83. The Kier molecular flexibility index (Phi) is 5.01. The lowest BCUT2D eigenvalue weighted by Crippen LogP contribution is -2.14. The maximum absolute atomic E-state index is 12.9. The zero-order valence-electron chi connectivity index (χ0n) is 15.6. The molecule has 0 saturated carbocycles. The summed E-state index contributed by atoms with van der Waals surface area (Å²) < 4.78 is 6.21. The number of benzene rings is 1. The standard InChI is InChI=1S/C20H22ClN3O2/c1-10(2)18-12(4)17(25)16-7-11(3)6-15(19(16)26-18)13(5)24-14-8-22-20(21)23-9-14/h6-10,13,24H,1-5H3. The van der Waals surface area contributed by atoms with Crippen LogP contribution in [-0.4, -0.2) is 9.97 Å². The van der Waals surface area contributed by atoms with Crippen LogP contribution in [0.2, 0.25) is 5.28 Å². The van der Waals surface area contributed by atoms with E-state index in [1.54, 1.807) is 12.4 Å². The van der Waals surface area contributed by atoms with Crippen molar-refractivity contribution in [3.05, 3.63) is 62.5 Å². The molecule has 1 aromatic carbocycles. The Morgan fingerprint density at radius 2 is 1.77 bits per heavy atom. The van der Waals surface area contributed by atoms with Gasteiger partial charge < -0.3 is 9.73 Å². The van der Waals surface area contributed by atoms with Gasteiger partial charge in [-0.25, -0.2) is 9.97 Å². The highest BCUT2D eigenvalue weighted by Gasteiger charge is 2.19. The van der Waals surface area contributed by atoms with Crippen LogP contribution >= 0.6 is 11.6 Å². The molecule has 26 heavy (non-hydrogen) atoms. The fourth-order valence-electron chi connectivity index (χ4n) is 3.17. The molecular weight excluding hydrogens is 350 g/mol. The van der Waals surface area contributed by atoms with Crippen molar-refractivity contribution in [3.8, 4) is 0 Å². The summed E-state index contributed by atoms with van der Waals surface area (Å²) in [6.45, 7) is 9.87. The summed E-state index contributed by atoms with van der Waals surface area (Å²) in [6.07, 6.45) is 3.26. The molecule has 136 valence electrons. The lowest BCUT2D eigenvalue weighted by Gasteiger charge is -2.19. The quantitative estimate of drug-likeness (QED) is 0.642. The van der Waals surface area contributed by atoms with E-state index in [-0.39, 0.29) is 22.7 Å². The van der Waals surface area contributed by atoms with Crippen LogP contribution < -0.4 is 10.7 Å². The highest BCUT2D eigenvalue weighted by atomic mass is 35.5. The number of rotatable bonds is 4. The van der Waals surface area contributed by atoms with Crippen molar-refractivity contribution in [3.63, 3.8) is 0 Å². The number of nitrogens with zero attached hydrogens (tertiary/aromatic N) is 2. The minimum atomic E-state index is -0.104. The van der Waals surface area contributed by atoms with Crippen LogP contribution in [-0.2, 0) is 0 Å². The second-order valence-electron chi connectivity index (χ2n) is 6.91. The molecule has 2 heterocycles. The van der Waals surface area contributed by atoms with Gasteiger partial charge in [0.15, 0.2) is 5.43 Å².